The van der Waals surface area contributed by atoms with E-state index in [1.807, 2.05) is 13.8 Å². The predicted molar refractivity (Wildman–Crippen MR) is 61.3 cm³/mol. The van der Waals surface area contributed by atoms with Gasteiger partial charge in [0.2, 0.25) is 0 Å². The molecule has 0 atom stereocenters. The van der Waals surface area contributed by atoms with E-state index in [1.54, 1.807) is 13.8 Å². The minimum absolute atomic E-state index is 0.156. The number of rotatable bonds is 7. The minimum atomic E-state index is -0.810. The second-order valence-corrected chi connectivity index (χ2v) is 5.41. The Labute approximate surface area is 96.7 Å². The molecule has 0 heterocycles. The summed E-state index contributed by atoms with van der Waals surface area (Å²) in [6, 6.07) is 0. The van der Waals surface area contributed by atoms with E-state index in [9.17, 15) is 9.59 Å². The van der Waals surface area contributed by atoms with E-state index >= 15 is 0 Å². The molecule has 0 radical (unpaired) electrons. The highest BCUT2D eigenvalue weighted by atomic mass is 16.4. The molecule has 0 bridgehead atoms. The van der Waals surface area contributed by atoms with Crippen molar-refractivity contribution >= 4 is 11.9 Å². The van der Waals surface area contributed by atoms with E-state index in [1.165, 1.54) is 0 Å². The molecule has 0 aliphatic rings. The molecule has 4 nitrogen and oxygen atoms in total. The van der Waals surface area contributed by atoms with Crippen molar-refractivity contribution in [3.8, 4) is 0 Å². The van der Waals surface area contributed by atoms with Crippen LogP contribution in [0.3, 0.4) is 0 Å². The van der Waals surface area contributed by atoms with Crippen molar-refractivity contribution in [3.05, 3.63) is 0 Å². The number of carboxylic acids is 2. The van der Waals surface area contributed by atoms with Gasteiger partial charge in [-0.1, -0.05) is 20.3 Å². The summed E-state index contributed by atoms with van der Waals surface area (Å²) >= 11 is 0. The minimum Gasteiger partial charge on any atom is -0.481 e. The third kappa shape index (κ3) is 3.83. The van der Waals surface area contributed by atoms with Gasteiger partial charge >= 0.3 is 11.9 Å². The molecule has 0 saturated heterocycles. The van der Waals surface area contributed by atoms with Gasteiger partial charge in [-0.3, -0.25) is 9.59 Å². The van der Waals surface area contributed by atoms with Crippen molar-refractivity contribution < 1.29 is 19.8 Å². The van der Waals surface area contributed by atoms with Crippen LogP contribution in [-0.2, 0) is 9.59 Å². The van der Waals surface area contributed by atoms with Gasteiger partial charge < -0.3 is 10.2 Å². The number of carbonyl (C=O) groups is 2. The standard InChI is InChI=1S/C12H22O4/c1-11(2,12(3,4)10(15)16)8-6-5-7-9(13)14/h5-8H2,1-4H3,(H,13,14)(H,15,16). The molecule has 0 aromatic carbocycles. The smallest absolute Gasteiger partial charge is 0.309 e. The van der Waals surface area contributed by atoms with Crippen molar-refractivity contribution in [3.63, 3.8) is 0 Å². The molecule has 0 aliphatic carbocycles. The molecule has 0 aliphatic heterocycles. The SMILES string of the molecule is CC(C)(CCCCC(=O)O)C(C)(C)C(=O)O. The quantitative estimate of drug-likeness (QED) is 0.659. The number of aliphatic carboxylic acids is 2. The third-order valence-electron chi connectivity index (χ3n) is 3.67. The fourth-order valence-corrected chi connectivity index (χ4v) is 1.45. The van der Waals surface area contributed by atoms with Crippen LogP contribution in [0.4, 0.5) is 0 Å². The lowest BCUT2D eigenvalue weighted by molar-refractivity contribution is -0.154. The van der Waals surface area contributed by atoms with E-state index in [0.717, 1.165) is 12.8 Å². The predicted octanol–water partition coefficient (Wildman–Crippen LogP) is 2.77. The van der Waals surface area contributed by atoms with Crippen LogP contribution in [0.2, 0.25) is 0 Å². The van der Waals surface area contributed by atoms with Crippen molar-refractivity contribution in [2.75, 3.05) is 0 Å². The topological polar surface area (TPSA) is 74.6 Å². The second kappa shape index (κ2) is 5.32. The molecule has 0 unspecified atom stereocenters. The zero-order chi connectivity index (χ0) is 13.0. The maximum absolute atomic E-state index is 11.1. The average Bonchev–Trinajstić information content (AvgIpc) is 2.11. The maximum atomic E-state index is 11.1. The van der Waals surface area contributed by atoms with E-state index in [2.05, 4.69) is 0 Å². The van der Waals surface area contributed by atoms with Gasteiger partial charge in [-0.25, -0.2) is 0 Å². The number of unbranched alkanes of at least 4 members (excludes halogenated alkanes) is 1. The van der Waals surface area contributed by atoms with Gasteiger partial charge in [0.15, 0.2) is 0 Å². The molecule has 16 heavy (non-hydrogen) atoms. The summed E-state index contributed by atoms with van der Waals surface area (Å²) in [6.45, 7) is 7.27. The van der Waals surface area contributed by atoms with Crippen molar-refractivity contribution in [2.24, 2.45) is 10.8 Å². The van der Waals surface area contributed by atoms with Crippen LogP contribution < -0.4 is 0 Å². The van der Waals surface area contributed by atoms with Crippen LogP contribution in [0.15, 0.2) is 0 Å². The lowest BCUT2D eigenvalue weighted by Gasteiger charge is -2.38. The third-order valence-corrected chi connectivity index (χ3v) is 3.67. The fraction of sp³-hybridized carbons (Fsp3) is 0.833. The molecular formula is C12H22O4. The lowest BCUT2D eigenvalue weighted by Crippen LogP contribution is -2.39. The zero-order valence-corrected chi connectivity index (χ0v) is 10.5. The highest BCUT2D eigenvalue weighted by Gasteiger charge is 2.42. The first kappa shape index (κ1) is 14.9. The van der Waals surface area contributed by atoms with Crippen LogP contribution in [0.25, 0.3) is 0 Å². The van der Waals surface area contributed by atoms with Gasteiger partial charge in [0.1, 0.15) is 0 Å². The Morgan fingerprint density at radius 3 is 1.88 bits per heavy atom. The maximum Gasteiger partial charge on any atom is 0.309 e. The fourth-order valence-electron chi connectivity index (χ4n) is 1.45. The van der Waals surface area contributed by atoms with E-state index < -0.39 is 17.4 Å². The molecule has 0 saturated carbocycles. The molecule has 94 valence electrons. The Balaban J connectivity index is 4.24. The van der Waals surface area contributed by atoms with Crippen molar-refractivity contribution in [1.82, 2.24) is 0 Å². The summed E-state index contributed by atoms with van der Waals surface area (Å²) in [7, 11) is 0. The average molecular weight is 230 g/mol. The van der Waals surface area contributed by atoms with Crippen molar-refractivity contribution in [1.29, 1.82) is 0 Å². The Morgan fingerprint density at radius 2 is 1.50 bits per heavy atom. The molecule has 0 aromatic heterocycles. The van der Waals surface area contributed by atoms with Crippen LogP contribution in [0.1, 0.15) is 53.4 Å². The van der Waals surface area contributed by atoms with Gasteiger partial charge in [-0.15, -0.1) is 0 Å². The highest BCUT2D eigenvalue weighted by molar-refractivity contribution is 5.74. The summed E-state index contributed by atoms with van der Waals surface area (Å²) in [5.41, 5.74) is -1.13. The second-order valence-electron chi connectivity index (χ2n) is 5.41. The molecule has 0 amide bonds. The van der Waals surface area contributed by atoms with Crippen LogP contribution in [0.5, 0.6) is 0 Å². The molecule has 2 N–H and O–H groups in total. The summed E-state index contributed by atoms with van der Waals surface area (Å²) in [6.07, 6.45) is 2.23. The molecule has 4 heteroatoms. The van der Waals surface area contributed by atoms with E-state index in [4.69, 9.17) is 10.2 Å². The Bertz CT molecular complexity index is 266. The van der Waals surface area contributed by atoms with Crippen molar-refractivity contribution in [2.45, 2.75) is 53.4 Å². The van der Waals surface area contributed by atoms with Crippen LogP contribution in [0, 0.1) is 10.8 Å². The molecule has 0 spiro atoms. The highest BCUT2D eigenvalue weighted by Crippen LogP contribution is 2.42. The normalized spacial score (nSPS) is 12.5. The largest absolute Gasteiger partial charge is 0.481 e. The van der Waals surface area contributed by atoms with Gasteiger partial charge in [0.05, 0.1) is 5.41 Å². The summed E-state index contributed by atoms with van der Waals surface area (Å²) in [5, 5.41) is 17.6. The molecule has 0 fully saturated rings. The lowest BCUT2D eigenvalue weighted by atomic mass is 9.65. The first-order chi connectivity index (χ1) is 7.11. The van der Waals surface area contributed by atoms with Gasteiger partial charge in [-0.2, -0.15) is 0 Å². The summed E-state index contributed by atoms with van der Waals surface area (Å²) in [5.74, 6) is -1.61. The van der Waals surface area contributed by atoms with E-state index in [0.29, 0.717) is 6.42 Å². The number of carboxylic acid groups (broad SMARTS) is 2. The van der Waals surface area contributed by atoms with E-state index in [-0.39, 0.29) is 11.8 Å². The monoisotopic (exact) mass is 230 g/mol. The zero-order valence-electron chi connectivity index (χ0n) is 10.5. The summed E-state index contributed by atoms with van der Waals surface area (Å²) < 4.78 is 0. The first-order valence-corrected chi connectivity index (χ1v) is 5.56. The molecule has 0 rings (SSSR count). The Kier molecular flexibility index (Phi) is 4.97. The number of hydrogen-bond donors (Lipinski definition) is 2. The number of hydrogen-bond acceptors (Lipinski definition) is 2. The van der Waals surface area contributed by atoms with Crippen LogP contribution in [-0.4, -0.2) is 22.2 Å². The molecule has 0 aromatic rings. The first-order valence-electron chi connectivity index (χ1n) is 5.56. The molecular weight excluding hydrogens is 208 g/mol. The van der Waals surface area contributed by atoms with Gasteiger partial charge in [-0.05, 0) is 32.1 Å². The van der Waals surface area contributed by atoms with Gasteiger partial charge in [0, 0.05) is 6.42 Å². The van der Waals surface area contributed by atoms with Gasteiger partial charge in [0.25, 0.3) is 0 Å². The Hall–Kier alpha value is -1.06. The summed E-state index contributed by atoms with van der Waals surface area (Å²) in [4.78, 5) is 21.4. The van der Waals surface area contributed by atoms with Crippen LogP contribution >= 0.6 is 0 Å². The Morgan fingerprint density at radius 1 is 1.00 bits per heavy atom.